The van der Waals surface area contributed by atoms with E-state index < -0.39 is 0 Å². The van der Waals surface area contributed by atoms with Crippen LogP contribution in [-0.4, -0.2) is 94.8 Å². The van der Waals surface area contributed by atoms with Gasteiger partial charge in [0.05, 0.1) is 74.1 Å². The van der Waals surface area contributed by atoms with Crippen molar-refractivity contribution in [3.05, 3.63) is 240 Å². The van der Waals surface area contributed by atoms with Gasteiger partial charge >= 0.3 is 34.1 Å². The number of ether oxygens (including phenoxy) is 4. The summed E-state index contributed by atoms with van der Waals surface area (Å²) in [4.78, 5) is 16.3. The fourth-order valence-electron chi connectivity index (χ4n) is 11.1. The first-order chi connectivity index (χ1) is 55.2. The van der Waals surface area contributed by atoms with Crippen molar-refractivity contribution >= 4 is 48.4 Å². The molecule has 0 spiro atoms. The molecule has 0 aliphatic heterocycles. The average Bonchev–Trinajstić information content (AvgIpc) is 0.907. The van der Waals surface area contributed by atoms with Crippen LogP contribution in [0.3, 0.4) is 0 Å². The largest absolute Gasteiger partial charge is 2.00 e. The molecule has 8 aromatic rings. The van der Waals surface area contributed by atoms with Crippen LogP contribution >= 0.6 is 0 Å². The Labute approximate surface area is 700 Å². The average molecular weight is 1630 g/mol. The smallest absolute Gasteiger partial charge is 0.857 e. The Morgan fingerprint density at radius 2 is 0.421 bits per heavy atom. The molecule has 4 aromatic heterocycles. The number of rotatable bonds is 52. The number of hydrogen-bond donors (Lipinski definition) is 0. The number of aromatic nitrogens is 4. The summed E-state index contributed by atoms with van der Waals surface area (Å²) < 4.78 is 23.0. The van der Waals surface area contributed by atoms with Gasteiger partial charge in [-0.05, 0) is 145 Å². The van der Waals surface area contributed by atoms with Crippen LogP contribution in [0.25, 0.3) is 0 Å². The van der Waals surface area contributed by atoms with Crippen molar-refractivity contribution in [2.45, 2.75) is 233 Å². The van der Waals surface area contributed by atoms with Crippen molar-refractivity contribution < 1.29 is 73.5 Å². The normalized spacial score (nSPS) is 11.6. The molecule has 0 aliphatic carbocycles. The predicted octanol–water partition coefficient (Wildman–Crippen LogP) is 19.0. The van der Waals surface area contributed by atoms with Gasteiger partial charge in [-0.2, -0.15) is 40.8 Å². The van der Waals surface area contributed by atoms with Gasteiger partial charge in [0.15, 0.2) is 0 Å². The van der Waals surface area contributed by atoms with E-state index in [0.717, 1.165) is 48.7 Å². The second kappa shape index (κ2) is 67.8. The number of unbranched alkanes of at least 4 members (excludes halogenated alkanes) is 28. The van der Waals surface area contributed by atoms with Crippen LogP contribution in [0.1, 0.15) is 278 Å². The summed E-state index contributed by atoms with van der Waals surface area (Å²) in [6.45, 7) is 11.8. The van der Waals surface area contributed by atoms with Crippen LogP contribution in [0, 0.1) is 0 Å². The van der Waals surface area contributed by atoms with E-state index in [1.165, 1.54) is 205 Å². The Morgan fingerprint density at radius 3 is 0.588 bits per heavy atom. The summed E-state index contributed by atoms with van der Waals surface area (Å²) in [7, 11) is 0. The van der Waals surface area contributed by atoms with Crippen molar-refractivity contribution in [3.63, 3.8) is 0 Å². The molecule has 22 heteroatoms. The van der Waals surface area contributed by atoms with E-state index in [2.05, 4.69) is 88.4 Å². The van der Waals surface area contributed by atoms with Crippen molar-refractivity contribution in [2.75, 3.05) is 26.4 Å². The summed E-state index contributed by atoms with van der Waals surface area (Å²) in [5.74, 6) is 1.55. The van der Waals surface area contributed by atoms with Crippen molar-refractivity contribution in [1.29, 1.82) is 0 Å². The Balaban J connectivity index is 0.000000391. The Morgan fingerprint density at radius 1 is 0.246 bits per heavy atom. The Kier molecular flexibility index (Phi) is 58.5. The summed E-state index contributed by atoms with van der Waals surface area (Å²) in [6.07, 6.45) is 53.4. The third kappa shape index (κ3) is 49.0. The van der Waals surface area contributed by atoms with E-state index in [1.54, 1.807) is 146 Å². The van der Waals surface area contributed by atoms with E-state index in [4.69, 9.17) is 18.9 Å². The zero-order chi connectivity index (χ0) is 79.5. The molecule has 4 aromatic carbocycles. The predicted molar refractivity (Wildman–Crippen MR) is 452 cm³/mol. The maximum Gasteiger partial charge on any atom is 2.00 e. The minimum absolute atomic E-state index is 0. The Hall–Kier alpha value is -9.72. The van der Waals surface area contributed by atoms with E-state index in [9.17, 15) is 20.4 Å². The Bertz CT molecular complexity index is 3370. The molecule has 0 radical (unpaired) electrons. The van der Waals surface area contributed by atoms with Crippen molar-refractivity contribution in [3.8, 4) is 23.0 Å². The minimum atomic E-state index is -0.387. The third-order valence-corrected chi connectivity index (χ3v) is 17.6. The van der Waals surface area contributed by atoms with Gasteiger partial charge in [-0.3, -0.25) is 19.9 Å². The molecule has 0 amide bonds. The molecule has 0 N–H and O–H groups in total. The number of nitrogens with zero attached hydrogens (tertiary/aromatic N) is 12. The minimum Gasteiger partial charge on any atom is -0.857 e. The number of benzene rings is 4. The monoisotopic (exact) mass is 1630 g/mol. The molecular weight excluding hydrogens is 1510 g/mol. The fourth-order valence-corrected chi connectivity index (χ4v) is 11.1. The van der Waals surface area contributed by atoms with Crippen LogP contribution in [0.2, 0.25) is 0 Å². The van der Waals surface area contributed by atoms with Gasteiger partial charge in [0, 0.05) is 48.4 Å². The van der Waals surface area contributed by atoms with Gasteiger partial charge in [0.25, 0.3) is 0 Å². The van der Waals surface area contributed by atoms with E-state index in [-0.39, 0.29) is 57.7 Å². The maximum absolute atomic E-state index is 12.0. The summed E-state index contributed by atoms with van der Waals surface area (Å²) in [5.41, 5.74) is 4.56. The van der Waals surface area contributed by atoms with Crippen LogP contribution in [0.15, 0.2) is 235 Å². The van der Waals surface area contributed by atoms with Crippen molar-refractivity contribution in [1.82, 2.24) is 19.9 Å². The van der Waals surface area contributed by atoms with E-state index in [0.29, 0.717) is 71.5 Å². The second-order valence-electron chi connectivity index (χ2n) is 27.0. The van der Waals surface area contributed by atoms with Gasteiger partial charge in [0.2, 0.25) is 0 Å². The molecule has 8 rings (SSSR count). The summed E-state index contributed by atoms with van der Waals surface area (Å²) in [6, 6.07) is 50.0. The van der Waals surface area contributed by atoms with Gasteiger partial charge < -0.3 is 39.4 Å². The molecule has 0 unspecified atom stereocenters. The third-order valence-electron chi connectivity index (χ3n) is 17.6. The van der Waals surface area contributed by atoms with Crippen molar-refractivity contribution in [2.24, 2.45) is 40.8 Å². The van der Waals surface area contributed by atoms with Gasteiger partial charge in [0.1, 0.15) is 23.0 Å². The molecule has 4 heterocycles. The van der Waals surface area contributed by atoms with Crippen LogP contribution in [0.4, 0.5) is 0 Å². The SMILES string of the molecule is CCCCCCCCCCOc1ccc(/C([O-])=N/N=C/c2ccccn2)cc1.CCCCCCCCCCOc1ccc(/C([O-])=N/N=C/c2ccccn2)cc1.CCCCCCCCCCOc1ccc(/C([O-])=N/N=C/c2ccccn2)cc1.CCCCCCCCCCOc1ccc(/C([O-])=N/N=C/c2ccccn2)cc1.[Fe+2].[Fe+2]. The molecule has 0 saturated carbocycles. The van der Waals surface area contributed by atoms with Crippen LogP contribution in [0.5, 0.6) is 23.0 Å². The number of pyridine rings is 4. The molecule has 0 atom stereocenters. The molecule has 0 fully saturated rings. The van der Waals surface area contributed by atoms with Crippen LogP contribution in [-0.2, 0) is 34.1 Å². The van der Waals surface area contributed by atoms with Gasteiger partial charge in [-0.1, -0.05) is 280 Å². The fraction of sp³-hybridized carbons (Fsp3) is 0.435. The second-order valence-corrected chi connectivity index (χ2v) is 27.0. The standard InChI is InChI=1S/4C23H31N3O2.2Fe/c4*1-2-3-4-5-6-7-8-11-18-28-22-15-13-20(14-16-22)23(27)26-25-19-21-12-9-10-17-24-21;;/h4*9-10,12-17,19H,2-8,11,18H2,1H3,(H,26,27);;/q;;;;2*+2/p-4/b4*25-19+;;. The van der Waals surface area contributed by atoms with E-state index in [1.807, 2.05) is 48.5 Å². The molecule has 0 bridgehead atoms. The molecule has 114 heavy (non-hydrogen) atoms. The molecule has 20 nitrogen and oxygen atoms in total. The molecular formula is C92H120Fe2N12O8. The summed E-state index contributed by atoms with van der Waals surface area (Å²) >= 11 is 0. The van der Waals surface area contributed by atoms with E-state index >= 15 is 0 Å². The first-order valence-corrected chi connectivity index (χ1v) is 40.9. The molecule has 612 valence electrons. The number of hydrogen-bond acceptors (Lipinski definition) is 20. The first kappa shape index (κ1) is 98.5. The molecule has 0 saturated heterocycles. The van der Waals surface area contributed by atoms with Gasteiger partial charge in [-0.15, -0.1) is 0 Å². The van der Waals surface area contributed by atoms with Gasteiger partial charge in [-0.25, -0.2) is 0 Å². The quantitative estimate of drug-likeness (QED) is 0.0113. The van der Waals surface area contributed by atoms with Crippen LogP contribution < -0.4 is 39.4 Å². The first-order valence-electron chi connectivity index (χ1n) is 40.9. The zero-order valence-corrected chi connectivity index (χ0v) is 69.8. The molecule has 0 aliphatic rings. The zero-order valence-electron chi connectivity index (χ0n) is 67.6. The topological polar surface area (TPSA) is 280 Å². The maximum atomic E-state index is 12.0. The summed E-state index contributed by atoms with van der Waals surface area (Å²) in [5, 5.41) is 78.1.